The van der Waals surface area contributed by atoms with E-state index in [4.69, 9.17) is 10.5 Å². The van der Waals surface area contributed by atoms with Crippen molar-refractivity contribution in [2.75, 3.05) is 18.6 Å². The zero-order valence-electron chi connectivity index (χ0n) is 12.9. The van der Waals surface area contributed by atoms with Gasteiger partial charge in [-0.3, -0.25) is 4.79 Å². The van der Waals surface area contributed by atoms with E-state index in [-0.39, 0.29) is 5.91 Å². The Morgan fingerprint density at radius 2 is 1.91 bits per heavy atom. The number of benzene rings is 2. The van der Waals surface area contributed by atoms with Crippen molar-refractivity contribution >= 4 is 11.6 Å². The number of rotatable bonds is 8. The molecule has 22 heavy (non-hydrogen) atoms. The Morgan fingerprint density at radius 1 is 1.14 bits per heavy atom. The Morgan fingerprint density at radius 3 is 2.59 bits per heavy atom. The standard InChI is InChI=1S/C18H22N2O2/c1-22-17-10-5-9-16(13-17)20(12-6-11-18(19)21)14-15-7-3-2-4-8-15/h2-5,7-10,13H,6,11-12,14H2,1H3,(H2,19,21). The molecule has 0 saturated heterocycles. The quantitative estimate of drug-likeness (QED) is 0.815. The molecular formula is C18H22N2O2. The fraction of sp³-hybridized carbons (Fsp3) is 0.278. The summed E-state index contributed by atoms with van der Waals surface area (Å²) in [6, 6.07) is 18.2. The number of carbonyl (C=O) groups excluding carboxylic acids is 1. The van der Waals surface area contributed by atoms with Gasteiger partial charge in [0.15, 0.2) is 0 Å². The number of hydrogen-bond donors (Lipinski definition) is 1. The minimum absolute atomic E-state index is 0.259. The van der Waals surface area contributed by atoms with Crippen molar-refractivity contribution in [1.82, 2.24) is 0 Å². The molecule has 0 aliphatic heterocycles. The van der Waals surface area contributed by atoms with Gasteiger partial charge < -0.3 is 15.4 Å². The number of nitrogens with zero attached hydrogens (tertiary/aromatic N) is 1. The lowest BCUT2D eigenvalue weighted by Crippen LogP contribution is -2.25. The molecule has 2 rings (SSSR count). The first-order valence-corrected chi connectivity index (χ1v) is 7.40. The highest BCUT2D eigenvalue weighted by atomic mass is 16.5. The van der Waals surface area contributed by atoms with Crippen LogP contribution in [0.3, 0.4) is 0 Å². The number of methoxy groups -OCH3 is 1. The molecule has 0 aliphatic carbocycles. The van der Waals surface area contributed by atoms with Crippen LogP contribution in [0.5, 0.6) is 5.75 Å². The molecule has 0 unspecified atom stereocenters. The first kappa shape index (κ1) is 15.9. The second-order valence-corrected chi connectivity index (χ2v) is 5.18. The first-order valence-electron chi connectivity index (χ1n) is 7.40. The van der Waals surface area contributed by atoms with Gasteiger partial charge in [-0.2, -0.15) is 0 Å². The van der Waals surface area contributed by atoms with E-state index in [0.29, 0.717) is 6.42 Å². The van der Waals surface area contributed by atoms with Gasteiger partial charge in [0, 0.05) is 31.3 Å². The molecule has 116 valence electrons. The topological polar surface area (TPSA) is 55.6 Å². The zero-order chi connectivity index (χ0) is 15.8. The van der Waals surface area contributed by atoms with Crippen LogP contribution in [-0.2, 0) is 11.3 Å². The summed E-state index contributed by atoms with van der Waals surface area (Å²) in [6.07, 6.45) is 1.13. The average molecular weight is 298 g/mol. The van der Waals surface area contributed by atoms with Crippen molar-refractivity contribution in [3.63, 3.8) is 0 Å². The zero-order valence-corrected chi connectivity index (χ0v) is 12.9. The molecule has 0 aliphatic rings. The number of amides is 1. The van der Waals surface area contributed by atoms with Gasteiger partial charge in [-0.15, -0.1) is 0 Å². The van der Waals surface area contributed by atoms with E-state index in [1.807, 2.05) is 36.4 Å². The molecular weight excluding hydrogens is 276 g/mol. The van der Waals surface area contributed by atoms with Crippen LogP contribution in [0.1, 0.15) is 18.4 Å². The molecule has 1 amide bonds. The molecule has 0 heterocycles. The van der Waals surface area contributed by atoms with Crippen LogP contribution < -0.4 is 15.4 Å². The monoisotopic (exact) mass is 298 g/mol. The van der Waals surface area contributed by atoms with Gasteiger partial charge >= 0.3 is 0 Å². The second kappa shape index (κ2) is 8.08. The smallest absolute Gasteiger partial charge is 0.217 e. The van der Waals surface area contributed by atoms with Gasteiger partial charge in [0.25, 0.3) is 0 Å². The van der Waals surface area contributed by atoms with E-state index in [1.165, 1.54) is 5.56 Å². The van der Waals surface area contributed by atoms with Gasteiger partial charge in [0.1, 0.15) is 5.75 Å². The molecule has 0 aromatic heterocycles. The van der Waals surface area contributed by atoms with Crippen molar-refractivity contribution in [2.24, 2.45) is 5.73 Å². The fourth-order valence-electron chi connectivity index (χ4n) is 2.35. The third-order valence-electron chi connectivity index (χ3n) is 3.49. The molecule has 2 aromatic carbocycles. The van der Waals surface area contributed by atoms with Gasteiger partial charge in [-0.25, -0.2) is 0 Å². The minimum atomic E-state index is -0.259. The Balaban J connectivity index is 2.14. The molecule has 0 radical (unpaired) electrons. The van der Waals surface area contributed by atoms with Crippen LogP contribution in [0.2, 0.25) is 0 Å². The minimum Gasteiger partial charge on any atom is -0.497 e. The Labute approximate surface area is 131 Å². The predicted octanol–water partition coefficient (Wildman–Crippen LogP) is 2.97. The van der Waals surface area contributed by atoms with Crippen molar-refractivity contribution in [3.05, 3.63) is 60.2 Å². The molecule has 0 fully saturated rings. The number of carbonyl (C=O) groups is 1. The largest absolute Gasteiger partial charge is 0.497 e. The maximum absolute atomic E-state index is 11.0. The summed E-state index contributed by atoms with van der Waals surface area (Å²) in [5.74, 6) is 0.566. The maximum atomic E-state index is 11.0. The Hall–Kier alpha value is -2.49. The summed E-state index contributed by atoms with van der Waals surface area (Å²) in [5, 5.41) is 0. The molecule has 2 N–H and O–H groups in total. The lowest BCUT2D eigenvalue weighted by atomic mass is 10.1. The van der Waals surface area contributed by atoms with E-state index in [2.05, 4.69) is 23.1 Å². The molecule has 0 bridgehead atoms. The molecule has 4 nitrogen and oxygen atoms in total. The number of nitrogens with two attached hydrogens (primary N) is 1. The summed E-state index contributed by atoms with van der Waals surface area (Å²) in [7, 11) is 1.66. The van der Waals surface area contributed by atoms with Crippen molar-refractivity contribution in [2.45, 2.75) is 19.4 Å². The van der Waals surface area contributed by atoms with Crippen LogP contribution in [0.25, 0.3) is 0 Å². The summed E-state index contributed by atoms with van der Waals surface area (Å²) in [5.41, 5.74) is 7.54. The summed E-state index contributed by atoms with van der Waals surface area (Å²) in [4.78, 5) is 13.2. The predicted molar refractivity (Wildman–Crippen MR) is 88.9 cm³/mol. The van der Waals surface area contributed by atoms with Crippen LogP contribution in [0, 0.1) is 0 Å². The van der Waals surface area contributed by atoms with Gasteiger partial charge in [-0.1, -0.05) is 36.4 Å². The van der Waals surface area contributed by atoms with Crippen molar-refractivity contribution in [1.29, 1.82) is 0 Å². The van der Waals surface area contributed by atoms with E-state index >= 15 is 0 Å². The molecule has 0 atom stereocenters. The van der Waals surface area contributed by atoms with Gasteiger partial charge in [0.2, 0.25) is 5.91 Å². The van der Waals surface area contributed by atoms with Crippen LogP contribution in [-0.4, -0.2) is 19.6 Å². The Bertz CT molecular complexity index is 599. The number of primary amides is 1. The third-order valence-corrected chi connectivity index (χ3v) is 3.49. The van der Waals surface area contributed by atoms with Crippen molar-refractivity contribution in [3.8, 4) is 5.75 Å². The molecule has 2 aromatic rings. The molecule has 0 spiro atoms. The number of hydrogen-bond acceptors (Lipinski definition) is 3. The summed E-state index contributed by atoms with van der Waals surface area (Å²) in [6.45, 7) is 1.55. The number of anilines is 1. The van der Waals surface area contributed by atoms with Gasteiger partial charge in [0.05, 0.1) is 7.11 Å². The van der Waals surface area contributed by atoms with Crippen molar-refractivity contribution < 1.29 is 9.53 Å². The maximum Gasteiger partial charge on any atom is 0.217 e. The van der Waals surface area contributed by atoms with Crippen LogP contribution in [0.15, 0.2) is 54.6 Å². The summed E-state index contributed by atoms with van der Waals surface area (Å²) >= 11 is 0. The van der Waals surface area contributed by atoms with E-state index in [9.17, 15) is 4.79 Å². The Kier molecular flexibility index (Phi) is 5.83. The molecule has 0 saturated carbocycles. The lowest BCUT2D eigenvalue weighted by molar-refractivity contribution is -0.118. The SMILES string of the molecule is COc1cccc(N(CCCC(N)=O)Cc2ccccc2)c1. The highest BCUT2D eigenvalue weighted by molar-refractivity contribution is 5.73. The highest BCUT2D eigenvalue weighted by Gasteiger charge is 2.09. The van der Waals surface area contributed by atoms with E-state index in [1.54, 1.807) is 7.11 Å². The van der Waals surface area contributed by atoms with E-state index in [0.717, 1.165) is 30.9 Å². The highest BCUT2D eigenvalue weighted by Crippen LogP contribution is 2.23. The molecule has 4 heteroatoms. The van der Waals surface area contributed by atoms with Crippen LogP contribution in [0.4, 0.5) is 5.69 Å². The first-order chi connectivity index (χ1) is 10.7. The van der Waals surface area contributed by atoms with Gasteiger partial charge in [-0.05, 0) is 24.1 Å². The second-order valence-electron chi connectivity index (χ2n) is 5.18. The van der Waals surface area contributed by atoms with E-state index < -0.39 is 0 Å². The average Bonchev–Trinajstić information content (AvgIpc) is 2.54. The van der Waals surface area contributed by atoms with Crippen LogP contribution >= 0.6 is 0 Å². The summed E-state index contributed by atoms with van der Waals surface area (Å²) < 4.78 is 5.30. The normalized spacial score (nSPS) is 10.2. The lowest BCUT2D eigenvalue weighted by Gasteiger charge is -2.25. The fourth-order valence-corrected chi connectivity index (χ4v) is 2.35. The third kappa shape index (κ3) is 4.81. The number of ether oxygens (including phenoxy) is 1.